The zero-order valence-corrected chi connectivity index (χ0v) is 13.4. The third-order valence-electron chi connectivity index (χ3n) is 4.77. The number of amides is 2. The molecule has 112 valence electrons. The molecule has 2 aliphatic carbocycles. The smallest absolute Gasteiger partial charge is 0.270 e. The van der Waals surface area contributed by atoms with Crippen molar-refractivity contribution in [1.82, 2.24) is 10.9 Å². The molecule has 0 saturated heterocycles. The molecule has 21 heavy (non-hydrogen) atoms. The van der Waals surface area contributed by atoms with E-state index >= 15 is 0 Å². The fourth-order valence-corrected chi connectivity index (χ4v) is 4.22. The number of hydrazine groups is 1. The van der Waals surface area contributed by atoms with Gasteiger partial charge in [-0.05, 0) is 65.1 Å². The Morgan fingerprint density at radius 3 is 2.62 bits per heavy atom. The minimum atomic E-state index is -0.302. The second-order valence-electron chi connectivity index (χ2n) is 6.12. The molecule has 0 aliphatic heterocycles. The molecule has 2 amide bonds. The lowest BCUT2D eigenvalue weighted by Gasteiger charge is -2.20. The van der Waals surface area contributed by atoms with Crippen molar-refractivity contribution < 1.29 is 9.59 Å². The lowest BCUT2D eigenvalue weighted by Crippen LogP contribution is -2.42. The molecule has 3 atom stereocenters. The number of rotatable bonds is 3. The molecule has 0 radical (unpaired) electrons. The van der Waals surface area contributed by atoms with Gasteiger partial charge >= 0.3 is 0 Å². The Labute approximate surface area is 132 Å². The molecule has 2 aliphatic rings. The van der Waals surface area contributed by atoms with Crippen molar-refractivity contribution >= 4 is 27.7 Å². The molecule has 2 bridgehead atoms. The van der Waals surface area contributed by atoms with Gasteiger partial charge < -0.3 is 0 Å². The van der Waals surface area contributed by atoms with E-state index in [1.54, 1.807) is 18.2 Å². The Hall–Kier alpha value is -1.36. The quantitative estimate of drug-likeness (QED) is 0.823. The van der Waals surface area contributed by atoms with Gasteiger partial charge in [0.05, 0.1) is 5.56 Å². The second kappa shape index (κ2) is 6.18. The van der Waals surface area contributed by atoms with Gasteiger partial charge in [0.1, 0.15) is 0 Å². The zero-order chi connectivity index (χ0) is 14.8. The Kier molecular flexibility index (Phi) is 4.29. The topological polar surface area (TPSA) is 58.2 Å². The Bertz CT molecular complexity index is 561. The van der Waals surface area contributed by atoms with Gasteiger partial charge in [0.25, 0.3) is 5.91 Å². The van der Waals surface area contributed by atoms with Gasteiger partial charge in [-0.3, -0.25) is 20.4 Å². The summed E-state index contributed by atoms with van der Waals surface area (Å²) in [4.78, 5) is 23.9. The summed E-state index contributed by atoms with van der Waals surface area (Å²) in [5.74, 6) is 1.67. The van der Waals surface area contributed by atoms with Crippen LogP contribution in [-0.4, -0.2) is 11.8 Å². The van der Waals surface area contributed by atoms with E-state index in [2.05, 4.69) is 26.8 Å². The van der Waals surface area contributed by atoms with Crippen molar-refractivity contribution in [1.29, 1.82) is 0 Å². The van der Waals surface area contributed by atoms with E-state index in [-0.39, 0.29) is 11.8 Å². The summed E-state index contributed by atoms with van der Waals surface area (Å²) in [6, 6.07) is 7.14. The fraction of sp³-hybridized carbons (Fsp3) is 0.500. The van der Waals surface area contributed by atoms with Gasteiger partial charge in [0.15, 0.2) is 0 Å². The van der Waals surface area contributed by atoms with Crippen molar-refractivity contribution in [2.45, 2.75) is 32.1 Å². The number of hydrogen-bond acceptors (Lipinski definition) is 2. The summed E-state index contributed by atoms with van der Waals surface area (Å²) in [6.45, 7) is 0. The van der Waals surface area contributed by atoms with Crippen LogP contribution in [0, 0.1) is 17.8 Å². The highest BCUT2D eigenvalue weighted by Gasteiger charge is 2.40. The molecular weight excluding hydrogens is 332 g/mol. The van der Waals surface area contributed by atoms with Crippen molar-refractivity contribution in [3.63, 3.8) is 0 Å². The van der Waals surface area contributed by atoms with Gasteiger partial charge in [-0.2, -0.15) is 0 Å². The summed E-state index contributed by atoms with van der Waals surface area (Å²) in [6.07, 6.45) is 5.60. The first-order valence-corrected chi connectivity index (χ1v) is 8.26. The van der Waals surface area contributed by atoms with Gasteiger partial charge in [-0.1, -0.05) is 18.6 Å². The molecule has 4 nitrogen and oxygen atoms in total. The van der Waals surface area contributed by atoms with E-state index in [0.29, 0.717) is 22.4 Å². The molecule has 0 aromatic heterocycles. The van der Waals surface area contributed by atoms with Crippen LogP contribution in [0.5, 0.6) is 0 Å². The molecule has 3 rings (SSSR count). The van der Waals surface area contributed by atoms with Crippen molar-refractivity contribution in [2.75, 3.05) is 0 Å². The van der Waals surface area contributed by atoms with Crippen LogP contribution >= 0.6 is 15.9 Å². The fourth-order valence-electron chi connectivity index (χ4n) is 3.75. The SMILES string of the molecule is O=C(CC1CC2CCC1C2)NNC(=O)c1ccccc1Br. The highest BCUT2D eigenvalue weighted by atomic mass is 79.9. The molecule has 0 spiro atoms. The lowest BCUT2D eigenvalue weighted by molar-refractivity contribution is -0.123. The average Bonchev–Trinajstić information content (AvgIpc) is 3.08. The van der Waals surface area contributed by atoms with E-state index in [4.69, 9.17) is 0 Å². The minimum absolute atomic E-state index is 0.0899. The van der Waals surface area contributed by atoms with Crippen LogP contribution in [-0.2, 0) is 4.79 Å². The van der Waals surface area contributed by atoms with Gasteiger partial charge in [0, 0.05) is 10.9 Å². The molecule has 2 fully saturated rings. The molecule has 1 aromatic rings. The number of nitrogens with one attached hydrogen (secondary N) is 2. The largest absolute Gasteiger partial charge is 0.273 e. The molecular formula is C16H19BrN2O2. The second-order valence-corrected chi connectivity index (χ2v) is 6.98. The number of hydrogen-bond donors (Lipinski definition) is 2. The van der Waals surface area contributed by atoms with Crippen LogP contribution in [0.1, 0.15) is 42.5 Å². The first kappa shape index (κ1) is 14.6. The number of halogens is 1. The van der Waals surface area contributed by atoms with Crippen LogP contribution in [0.15, 0.2) is 28.7 Å². The molecule has 5 heteroatoms. The van der Waals surface area contributed by atoms with E-state index in [1.807, 2.05) is 6.07 Å². The first-order valence-electron chi connectivity index (χ1n) is 7.47. The van der Waals surface area contributed by atoms with Crippen LogP contribution < -0.4 is 10.9 Å². The summed E-state index contributed by atoms with van der Waals surface area (Å²) < 4.78 is 0.713. The van der Waals surface area contributed by atoms with Gasteiger partial charge in [-0.25, -0.2) is 0 Å². The highest BCUT2D eigenvalue weighted by molar-refractivity contribution is 9.10. The summed E-state index contributed by atoms with van der Waals surface area (Å²) in [7, 11) is 0. The third-order valence-corrected chi connectivity index (χ3v) is 5.46. The van der Waals surface area contributed by atoms with Crippen molar-refractivity contribution in [2.24, 2.45) is 17.8 Å². The number of fused-ring (bicyclic) bond motifs is 2. The monoisotopic (exact) mass is 350 g/mol. The highest BCUT2D eigenvalue weighted by Crippen LogP contribution is 2.49. The number of benzene rings is 1. The van der Waals surface area contributed by atoms with Crippen LogP contribution in [0.2, 0.25) is 0 Å². The summed E-state index contributed by atoms with van der Waals surface area (Å²) in [5.41, 5.74) is 5.54. The van der Waals surface area contributed by atoms with E-state index in [9.17, 15) is 9.59 Å². The van der Waals surface area contributed by atoms with Crippen LogP contribution in [0.4, 0.5) is 0 Å². The summed E-state index contributed by atoms with van der Waals surface area (Å²) in [5, 5.41) is 0. The summed E-state index contributed by atoms with van der Waals surface area (Å²) >= 11 is 3.32. The Morgan fingerprint density at radius 2 is 1.95 bits per heavy atom. The van der Waals surface area contributed by atoms with Gasteiger partial charge in [-0.15, -0.1) is 0 Å². The average molecular weight is 351 g/mol. The van der Waals surface area contributed by atoms with Gasteiger partial charge in [0.2, 0.25) is 5.91 Å². The van der Waals surface area contributed by atoms with Crippen LogP contribution in [0.3, 0.4) is 0 Å². The van der Waals surface area contributed by atoms with E-state index < -0.39 is 0 Å². The number of carbonyl (C=O) groups excluding carboxylic acids is 2. The maximum absolute atomic E-state index is 12.0. The minimum Gasteiger partial charge on any atom is -0.273 e. The standard InChI is InChI=1S/C16H19BrN2O2/c17-14-4-2-1-3-13(14)16(21)19-18-15(20)9-12-8-10-5-6-11(12)7-10/h1-4,10-12H,5-9H2,(H,18,20)(H,19,21). The van der Waals surface area contributed by atoms with E-state index in [0.717, 1.165) is 11.8 Å². The lowest BCUT2D eigenvalue weighted by atomic mass is 9.86. The Morgan fingerprint density at radius 1 is 1.14 bits per heavy atom. The van der Waals surface area contributed by atoms with Crippen molar-refractivity contribution in [3.05, 3.63) is 34.3 Å². The maximum atomic E-state index is 12.0. The zero-order valence-electron chi connectivity index (χ0n) is 11.8. The predicted octanol–water partition coefficient (Wildman–Crippen LogP) is 3.04. The predicted molar refractivity (Wildman–Crippen MR) is 83.3 cm³/mol. The molecule has 1 aromatic carbocycles. The van der Waals surface area contributed by atoms with E-state index in [1.165, 1.54) is 25.7 Å². The molecule has 3 unspecified atom stereocenters. The molecule has 2 saturated carbocycles. The maximum Gasteiger partial charge on any atom is 0.270 e. The first-order chi connectivity index (χ1) is 10.1. The molecule has 2 N–H and O–H groups in total. The Balaban J connectivity index is 1.48. The normalized spacial score (nSPS) is 26.6. The third kappa shape index (κ3) is 3.28. The molecule has 0 heterocycles. The van der Waals surface area contributed by atoms with Crippen LogP contribution in [0.25, 0.3) is 0 Å². The number of carbonyl (C=O) groups is 2. The van der Waals surface area contributed by atoms with Crippen molar-refractivity contribution in [3.8, 4) is 0 Å².